The third-order valence-corrected chi connectivity index (χ3v) is 3.12. The molecule has 1 aromatic rings. The Bertz CT molecular complexity index is 323. The molecule has 0 spiro atoms. The van der Waals surface area contributed by atoms with Crippen LogP contribution in [-0.4, -0.2) is 11.7 Å². The molecule has 2 rings (SSSR count). The smallest absolute Gasteiger partial charge is 0.119 e. The average molecular weight is 206 g/mol. The predicted molar refractivity (Wildman–Crippen MR) is 59.9 cm³/mol. The first-order chi connectivity index (χ1) is 7.14. The third kappa shape index (κ3) is 2.15. The highest BCUT2D eigenvalue weighted by atomic mass is 16.5. The van der Waals surface area contributed by atoms with Crippen LogP contribution < -0.4 is 4.74 Å². The Hall–Kier alpha value is -1.02. The van der Waals surface area contributed by atoms with Crippen molar-refractivity contribution in [1.29, 1.82) is 0 Å². The minimum Gasteiger partial charge on any atom is -0.494 e. The fourth-order valence-corrected chi connectivity index (χ4v) is 1.94. The van der Waals surface area contributed by atoms with Gasteiger partial charge < -0.3 is 9.84 Å². The van der Waals surface area contributed by atoms with Crippen molar-refractivity contribution < 1.29 is 9.84 Å². The molecule has 1 unspecified atom stereocenters. The molecule has 0 aromatic heterocycles. The summed E-state index contributed by atoms with van der Waals surface area (Å²) in [5.41, 5.74) is 0.332. The molecule has 1 aliphatic carbocycles. The number of ether oxygens (including phenoxy) is 1. The second kappa shape index (κ2) is 3.86. The average Bonchev–Trinajstić information content (AvgIpc) is 3.02. The number of hydrogen-bond donors (Lipinski definition) is 1. The van der Waals surface area contributed by atoms with E-state index in [-0.39, 0.29) is 0 Å². The highest BCUT2D eigenvalue weighted by Crippen LogP contribution is 2.45. The maximum Gasteiger partial charge on any atom is 0.119 e. The lowest BCUT2D eigenvalue weighted by atomic mass is 9.91. The number of rotatable bonds is 4. The number of benzene rings is 1. The van der Waals surface area contributed by atoms with Gasteiger partial charge in [0.25, 0.3) is 0 Å². The molecule has 0 saturated heterocycles. The second-order valence-corrected chi connectivity index (χ2v) is 4.38. The second-order valence-electron chi connectivity index (χ2n) is 4.38. The molecular weight excluding hydrogens is 188 g/mol. The molecule has 1 fully saturated rings. The zero-order valence-corrected chi connectivity index (χ0v) is 9.36. The molecule has 1 atom stereocenters. The Balaban J connectivity index is 2.15. The quantitative estimate of drug-likeness (QED) is 0.820. The van der Waals surface area contributed by atoms with Crippen molar-refractivity contribution in [3.63, 3.8) is 0 Å². The molecule has 1 N–H and O–H groups in total. The van der Waals surface area contributed by atoms with Gasteiger partial charge in [0.1, 0.15) is 5.75 Å². The monoisotopic (exact) mass is 206 g/mol. The van der Waals surface area contributed by atoms with Crippen LogP contribution in [0.25, 0.3) is 0 Å². The number of aliphatic hydroxyl groups is 1. The van der Waals surface area contributed by atoms with Crippen LogP contribution in [0.4, 0.5) is 0 Å². The maximum atomic E-state index is 10.3. The summed E-state index contributed by atoms with van der Waals surface area (Å²) in [5, 5.41) is 10.3. The summed E-state index contributed by atoms with van der Waals surface area (Å²) in [6.45, 7) is 4.55. The van der Waals surface area contributed by atoms with E-state index in [1.807, 2.05) is 38.1 Å². The normalized spacial score (nSPS) is 19.7. The Morgan fingerprint density at radius 3 is 2.40 bits per heavy atom. The highest BCUT2D eigenvalue weighted by Gasteiger charge is 2.40. The molecule has 0 amide bonds. The molecule has 0 aliphatic heterocycles. The first-order valence-corrected chi connectivity index (χ1v) is 5.60. The summed E-state index contributed by atoms with van der Waals surface area (Å²) in [7, 11) is 0. The molecule has 0 heterocycles. The number of hydrogen-bond acceptors (Lipinski definition) is 2. The van der Waals surface area contributed by atoms with Crippen molar-refractivity contribution in [2.75, 3.05) is 6.61 Å². The lowest BCUT2D eigenvalue weighted by Crippen LogP contribution is -2.23. The SMILES string of the molecule is CCOc1ccc(C(C)(O)C2CC2)cc1. The molecule has 2 nitrogen and oxygen atoms in total. The lowest BCUT2D eigenvalue weighted by molar-refractivity contribution is 0.0330. The first kappa shape index (κ1) is 10.5. The van der Waals surface area contributed by atoms with Crippen molar-refractivity contribution in [3.05, 3.63) is 29.8 Å². The van der Waals surface area contributed by atoms with Crippen LogP contribution in [0.5, 0.6) is 5.75 Å². The summed E-state index contributed by atoms with van der Waals surface area (Å²) in [6.07, 6.45) is 2.28. The highest BCUT2D eigenvalue weighted by molar-refractivity contribution is 5.31. The minimum atomic E-state index is -0.662. The van der Waals surface area contributed by atoms with Crippen molar-refractivity contribution in [2.45, 2.75) is 32.3 Å². The van der Waals surface area contributed by atoms with E-state index < -0.39 is 5.60 Å². The van der Waals surface area contributed by atoms with Crippen LogP contribution in [0.1, 0.15) is 32.3 Å². The van der Waals surface area contributed by atoms with E-state index in [4.69, 9.17) is 4.74 Å². The summed E-state index contributed by atoms with van der Waals surface area (Å²) < 4.78 is 5.37. The van der Waals surface area contributed by atoms with Gasteiger partial charge in [-0.3, -0.25) is 0 Å². The molecule has 15 heavy (non-hydrogen) atoms. The van der Waals surface area contributed by atoms with Gasteiger partial charge in [-0.05, 0) is 50.3 Å². The van der Waals surface area contributed by atoms with E-state index in [1.54, 1.807) is 0 Å². The van der Waals surface area contributed by atoms with E-state index in [1.165, 1.54) is 0 Å². The zero-order valence-electron chi connectivity index (χ0n) is 9.36. The van der Waals surface area contributed by atoms with Gasteiger partial charge >= 0.3 is 0 Å². The maximum absolute atomic E-state index is 10.3. The molecule has 0 radical (unpaired) electrons. The standard InChI is InChI=1S/C13H18O2/c1-3-15-12-8-6-11(7-9-12)13(2,14)10-4-5-10/h6-10,14H,3-5H2,1-2H3. The van der Waals surface area contributed by atoms with Crippen molar-refractivity contribution in [2.24, 2.45) is 5.92 Å². The lowest BCUT2D eigenvalue weighted by Gasteiger charge is -2.23. The molecule has 1 aliphatic rings. The summed E-state index contributed by atoms with van der Waals surface area (Å²) in [5.74, 6) is 1.31. The van der Waals surface area contributed by atoms with Crippen molar-refractivity contribution in [3.8, 4) is 5.75 Å². The van der Waals surface area contributed by atoms with Crippen LogP contribution in [-0.2, 0) is 5.60 Å². The van der Waals surface area contributed by atoms with E-state index in [2.05, 4.69) is 0 Å². The Morgan fingerprint density at radius 1 is 1.33 bits per heavy atom. The topological polar surface area (TPSA) is 29.5 Å². The molecule has 1 saturated carbocycles. The fourth-order valence-electron chi connectivity index (χ4n) is 1.94. The van der Waals surface area contributed by atoms with E-state index in [0.717, 1.165) is 24.2 Å². The van der Waals surface area contributed by atoms with Gasteiger partial charge in [0.05, 0.1) is 12.2 Å². The zero-order chi connectivity index (χ0) is 10.9. The minimum absolute atomic E-state index is 0.440. The van der Waals surface area contributed by atoms with E-state index in [9.17, 15) is 5.11 Å². The van der Waals surface area contributed by atoms with Crippen LogP contribution in [0, 0.1) is 5.92 Å². The third-order valence-electron chi connectivity index (χ3n) is 3.12. The summed E-state index contributed by atoms with van der Waals surface area (Å²) >= 11 is 0. The van der Waals surface area contributed by atoms with Gasteiger partial charge in [0.2, 0.25) is 0 Å². The van der Waals surface area contributed by atoms with Crippen LogP contribution in [0.2, 0.25) is 0 Å². The Kier molecular flexibility index (Phi) is 2.70. The Morgan fingerprint density at radius 2 is 1.93 bits per heavy atom. The Labute approximate surface area is 90.9 Å². The molecule has 82 valence electrons. The van der Waals surface area contributed by atoms with Crippen molar-refractivity contribution >= 4 is 0 Å². The first-order valence-electron chi connectivity index (χ1n) is 5.60. The predicted octanol–water partition coefficient (Wildman–Crippen LogP) is 2.70. The summed E-state index contributed by atoms with van der Waals surface area (Å²) in [6, 6.07) is 7.78. The molecule has 2 heteroatoms. The molecule has 0 bridgehead atoms. The van der Waals surface area contributed by atoms with Gasteiger partial charge in [0, 0.05) is 0 Å². The van der Waals surface area contributed by atoms with Gasteiger partial charge in [-0.1, -0.05) is 12.1 Å². The molecular formula is C13H18O2. The fraction of sp³-hybridized carbons (Fsp3) is 0.538. The van der Waals surface area contributed by atoms with E-state index >= 15 is 0 Å². The molecule has 1 aromatic carbocycles. The van der Waals surface area contributed by atoms with Crippen molar-refractivity contribution in [1.82, 2.24) is 0 Å². The van der Waals surface area contributed by atoms with Crippen LogP contribution >= 0.6 is 0 Å². The van der Waals surface area contributed by atoms with Gasteiger partial charge in [-0.2, -0.15) is 0 Å². The van der Waals surface area contributed by atoms with Gasteiger partial charge in [-0.15, -0.1) is 0 Å². The largest absolute Gasteiger partial charge is 0.494 e. The summed E-state index contributed by atoms with van der Waals surface area (Å²) in [4.78, 5) is 0. The van der Waals surface area contributed by atoms with Gasteiger partial charge in [-0.25, -0.2) is 0 Å². The van der Waals surface area contributed by atoms with Gasteiger partial charge in [0.15, 0.2) is 0 Å². The van der Waals surface area contributed by atoms with Crippen LogP contribution in [0.15, 0.2) is 24.3 Å². The van der Waals surface area contributed by atoms with Crippen LogP contribution in [0.3, 0.4) is 0 Å². The van der Waals surface area contributed by atoms with E-state index in [0.29, 0.717) is 12.5 Å².